The van der Waals surface area contributed by atoms with Crippen molar-refractivity contribution < 1.29 is 0 Å². The van der Waals surface area contributed by atoms with Crippen molar-refractivity contribution in [2.24, 2.45) is 0 Å². The summed E-state index contributed by atoms with van der Waals surface area (Å²) >= 11 is 0. The molecule has 0 N–H and O–H groups in total. The summed E-state index contributed by atoms with van der Waals surface area (Å²) in [5.74, 6) is 0. The molecule has 0 spiro atoms. The van der Waals surface area contributed by atoms with Gasteiger partial charge in [-0.2, -0.15) is 0 Å². The van der Waals surface area contributed by atoms with E-state index in [0.717, 1.165) is 12.8 Å². The monoisotopic (exact) mass is 270 g/mol. The Hall–Kier alpha value is -1.08. The summed E-state index contributed by atoms with van der Waals surface area (Å²) in [5, 5.41) is 0.659. The molecule has 1 heterocycles. The maximum absolute atomic E-state index is 2.43. The average Bonchev–Trinajstić information content (AvgIpc) is 3.02. The highest BCUT2D eigenvalue weighted by atomic mass is 32.2. The first-order valence-electron chi connectivity index (χ1n) is 7.19. The first-order valence-corrected chi connectivity index (χ1v) is 8.48. The van der Waals surface area contributed by atoms with Gasteiger partial charge in [0.25, 0.3) is 0 Å². The van der Waals surface area contributed by atoms with Crippen LogP contribution in [0.2, 0.25) is 0 Å². The smallest absolute Gasteiger partial charge is 0.0271 e. The van der Waals surface area contributed by atoms with Crippen LogP contribution in [0.5, 0.6) is 0 Å². The Balaban J connectivity index is 2.08. The highest BCUT2D eigenvalue weighted by Gasteiger charge is 2.33. The van der Waals surface area contributed by atoms with E-state index in [9.17, 15) is 0 Å². The zero-order valence-electron chi connectivity index (χ0n) is 12.3. The summed E-state index contributed by atoms with van der Waals surface area (Å²) in [6.45, 7) is 9.24. The molecule has 0 fully saturated rings. The van der Waals surface area contributed by atoms with E-state index in [-0.39, 0.29) is 0 Å². The van der Waals surface area contributed by atoms with Crippen LogP contribution < -0.4 is 0 Å². The lowest BCUT2D eigenvalue weighted by atomic mass is 9.97. The first kappa shape index (κ1) is 12.9. The van der Waals surface area contributed by atoms with Gasteiger partial charge in [0.1, 0.15) is 0 Å². The standard InChI is InChI=1S/C18H22S/c1-5-14-9-10-15(11-14)18-13(4)19(12(2)3)17-8-6-7-16(17)18/h6-9,11,13H,5,10H2,1-4H3. The quantitative estimate of drug-likeness (QED) is 0.598. The van der Waals surface area contributed by atoms with E-state index in [1.165, 1.54) is 11.1 Å². The van der Waals surface area contributed by atoms with Crippen molar-refractivity contribution in [3.8, 4) is 0 Å². The normalized spacial score (nSPS) is 28.5. The van der Waals surface area contributed by atoms with Gasteiger partial charge in [-0.05, 0) is 61.3 Å². The predicted molar refractivity (Wildman–Crippen MR) is 88.7 cm³/mol. The fourth-order valence-corrected chi connectivity index (χ4v) is 6.05. The molecule has 0 nitrogen and oxygen atoms in total. The van der Waals surface area contributed by atoms with Gasteiger partial charge in [0.2, 0.25) is 0 Å². The van der Waals surface area contributed by atoms with E-state index in [4.69, 9.17) is 0 Å². The van der Waals surface area contributed by atoms with Gasteiger partial charge in [-0.25, -0.2) is 0 Å². The third kappa shape index (κ3) is 1.95. The molecule has 2 atom stereocenters. The summed E-state index contributed by atoms with van der Waals surface area (Å²) in [6, 6.07) is 0. The summed E-state index contributed by atoms with van der Waals surface area (Å²) in [4.78, 5) is 3.14. The van der Waals surface area contributed by atoms with Crippen LogP contribution in [0.15, 0.2) is 57.6 Å². The molecule has 0 amide bonds. The molecule has 0 saturated heterocycles. The molecule has 1 aliphatic heterocycles. The molecule has 100 valence electrons. The summed E-state index contributed by atoms with van der Waals surface area (Å²) in [6.07, 6.45) is 14.0. The zero-order chi connectivity index (χ0) is 13.6. The fraction of sp³-hybridized carbons (Fsp3) is 0.389. The van der Waals surface area contributed by atoms with E-state index in [1.807, 2.05) is 0 Å². The Morgan fingerprint density at radius 3 is 2.79 bits per heavy atom. The molecule has 0 aromatic carbocycles. The summed E-state index contributed by atoms with van der Waals surface area (Å²) < 4.78 is 0. The van der Waals surface area contributed by atoms with Gasteiger partial charge in [-0.3, -0.25) is 0 Å². The molecule has 0 aromatic rings. The van der Waals surface area contributed by atoms with E-state index >= 15 is 0 Å². The molecule has 3 aliphatic rings. The molecule has 0 saturated carbocycles. The molecule has 0 radical (unpaired) electrons. The van der Waals surface area contributed by atoms with Gasteiger partial charge in [0.15, 0.2) is 0 Å². The van der Waals surface area contributed by atoms with Crippen LogP contribution in [-0.2, 0) is 0 Å². The SMILES string of the molecule is CCC1=CCC(C2=C3C=CC=C3S(=C(C)C)C2C)=C1. The van der Waals surface area contributed by atoms with Crippen LogP contribution in [0.4, 0.5) is 0 Å². The Kier molecular flexibility index (Phi) is 3.26. The third-order valence-electron chi connectivity index (χ3n) is 4.20. The van der Waals surface area contributed by atoms with Gasteiger partial charge in [-0.1, -0.05) is 36.8 Å². The Morgan fingerprint density at radius 2 is 2.16 bits per heavy atom. The molecule has 19 heavy (non-hydrogen) atoms. The Morgan fingerprint density at radius 1 is 1.37 bits per heavy atom. The summed E-state index contributed by atoms with van der Waals surface area (Å²) in [5.41, 5.74) is 6.21. The van der Waals surface area contributed by atoms with Crippen molar-refractivity contribution >= 4 is 15.3 Å². The lowest BCUT2D eigenvalue weighted by Gasteiger charge is -2.16. The summed E-state index contributed by atoms with van der Waals surface area (Å²) in [7, 11) is 0.309. The number of allylic oxidation sites excluding steroid dienone is 8. The molecular formula is C18H22S. The second kappa shape index (κ2) is 4.79. The lowest BCUT2D eigenvalue weighted by molar-refractivity contribution is 1.10. The van der Waals surface area contributed by atoms with Crippen molar-refractivity contribution in [1.82, 2.24) is 0 Å². The van der Waals surface area contributed by atoms with E-state index in [2.05, 4.69) is 58.1 Å². The molecule has 3 rings (SSSR count). The molecule has 2 unspecified atom stereocenters. The number of fused-ring (bicyclic) bond motifs is 1. The minimum atomic E-state index is 0.309. The van der Waals surface area contributed by atoms with Gasteiger partial charge in [-0.15, -0.1) is 10.5 Å². The van der Waals surface area contributed by atoms with Crippen LogP contribution in [0, 0.1) is 0 Å². The zero-order valence-corrected chi connectivity index (χ0v) is 13.1. The number of hydrogen-bond acceptors (Lipinski definition) is 0. The second-order valence-electron chi connectivity index (χ2n) is 5.61. The maximum atomic E-state index is 2.43. The van der Waals surface area contributed by atoms with E-state index in [1.54, 1.807) is 20.9 Å². The van der Waals surface area contributed by atoms with Crippen LogP contribution in [0.1, 0.15) is 40.5 Å². The number of rotatable bonds is 2. The van der Waals surface area contributed by atoms with Crippen LogP contribution in [-0.4, -0.2) is 10.1 Å². The van der Waals surface area contributed by atoms with Crippen molar-refractivity contribution in [1.29, 1.82) is 0 Å². The fourth-order valence-electron chi connectivity index (χ4n) is 3.37. The molecule has 0 bridgehead atoms. The van der Waals surface area contributed by atoms with Crippen molar-refractivity contribution in [3.05, 3.63) is 57.6 Å². The van der Waals surface area contributed by atoms with E-state index < -0.39 is 0 Å². The van der Waals surface area contributed by atoms with Crippen LogP contribution in [0.25, 0.3) is 0 Å². The Bertz CT molecular complexity index is 614. The number of hydrogen-bond donors (Lipinski definition) is 0. The first-order chi connectivity index (χ1) is 9.13. The van der Waals surface area contributed by atoms with Crippen molar-refractivity contribution in [2.45, 2.75) is 45.8 Å². The van der Waals surface area contributed by atoms with Gasteiger partial charge in [0.05, 0.1) is 0 Å². The maximum Gasteiger partial charge on any atom is 0.0271 e. The predicted octanol–water partition coefficient (Wildman–Crippen LogP) is 5.29. The van der Waals surface area contributed by atoms with Gasteiger partial charge in [0, 0.05) is 10.2 Å². The third-order valence-corrected chi connectivity index (χ3v) is 6.85. The largest absolute Gasteiger partial charge is 0.148 e. The lowest BCUT2D eigenvalue weighted by Crippen LogP contribution is -2.03. The second-order valence-corrected chi connectivity index (χ2v) is 8.25. The van der Waals surface area contributed by atoms with Crippen molar-refractivity contribution in [2.75, 3.05) is 0 Å². The Labute approximate surface area is 119 Å². The topological polar surface area (TPSA) is 0 Å². The highest BCUT2D eigenvalue weighted by Crippen LogP contribution is 2.53. The van der Waals surface area contributed by atoms with Gasteiger partial charge < -0.3 is 0 Å². The van der Waals surface area contributed by atoms with Crippen LogP contribution in [0.3, 0.4) is 0 Å². The molecule has 2 aliphatic carbocycles. The molecule has 1 heteroatoms. The minimum Gasteiger partial charge on any atom is -0.148 e. The highest BCUT2D eigenvalue weighted by molar-refractivity contribution is 8.20. The molecule has 0 aromatic heterocycles. The minimum absolute atomic E-state index is 0.309. The average molecular weight is 270 g/mol. The van der Waals surface area contributed by atoms with Crippen molar-refractivity contribution in [3.63, 3.8) is 0 Å². The molecular weight excluding hydrogens is 248 g/mol. The van der Waals surface area contributed by atoms with Crippen LogP contribution >= 0.6 is 10.5 Å². The van der Waals surface area contributed by atoms with E-state index in [0.29, 0.717) is 15.7 Å². The van der Waals surface area contributed by atoms with Gasteiger partial charge >= 0.3 is 0 Å².